The minimum Gasteiger partial charge on any atom is -0.372 e. The Morgan fingerprint density at radius 2 is 1.04 bits per heavy atom. The molecule has 8 nitrogen and oxygen atoms in total. The standard InChI is InChI=1S/C14H16N2O6S3.2Na.2H2/c17-23(18)9-15-11-1-5-13(6-2-11)25(21,22)14-7-3-12(4-8-14)16-10-24(19)20;;;;/h1-8,15-16H,9-10H2,(H,17,18)(H,19,20);;;2*1H. The van der Waals surface area contributed by atoms with E-state index in [4.69, 9.17) is 9.11 Å². The van der Waals surface area contributed by atoms with E-state index in [1.54, 1.807) is 0 Å². The molecule has 0 saturated heterocycles. The SMILES string of the molecule is O=S(O)CNc1ccc(S(=O)(=O)c2ccc(NCS(=O)O)cc2)cc1.[HH].[HH].[Na].[Na]. The van der Waals surface area contributed by atoms with Crippen LogP contribution in [0.25, 0.3) is 0 Å². The fraction of sp³-hybridized carbons (Fsp3) is 0.143. The summed E-state index contributed by atoms with van der Waals surface area (Å²) in [5.41, 5.74) is 1.05. The van der Waals surface area contributed by atoms with Crippen molar-refractivity contribution < 1.29 is 28.8 Å². The number of anilines is 2. The molecule has 0 saturated carbocycles. The Labute approximate surface area is 209 Å². The summed E-state index contributed by atoms with van der Waals surface area (Å²) in [7, 11) is -3.71. The predicted molar refractivity (Wildman–Crippen MR) is 113 cm³/mol. The molecule has 4 N–H and O–H groups in total. The van der Waals surface area contributed by atoms with Gasteiger partial charge in [0.1, 0.15) is 11.8 Å². The van der Waals surface area contributed by atoms with Gasteiger partial charge in [-0.05, 0) is 48.5 Å². The normalized spacial score (nSPS) is 12.8. The number of benzene rings is 2. The molecular formula is C14H20N2Na2O6S3. The summed E-state index contributed by atoms with van der Waals surface area (Å²) in [4.78, 5) is 0.167. The second kappa shape index (κ2) is 12.7. The maximum Gasteiger partial charge on any atom is 0.206 e. The molecule has 2 atom stereocenters. The first-order valence-electron chi connectivity index (χ1n) is 6.87. The first-order valence-corrected chi connectivity index (χ1v) is 10.9. The van der Waals surface area contributed by atoms with Gasteiger partial charge in [-0.25, -0.2) is 16.8 Å². The maximum atomic E-state index is 12.6. The molecule has 13 heteroatoms. The molecule has 0 bridgehead atoms. The zero-order valence-corrected chi connectivity index (χ0v) is 21.2. The summed E-state index contributed by atoms with van der Waals surface area (Å²) in [6.07, 6.45) is 0. The average molecular weight is 455 g/mol. The van der Waals surface area contributed by atoms with Crippen LogP contribution in [0.3, 0.4) is 0 Å². The Kier molecular flexibility index (Phi) is 12.8. The number of hydrogen-bond donors (Lipinski definition) is 4. The molecule has 27 heavy (non-hydrogen) atoms. The van der Waals surface area contributed by atoms with E-state index in [1.165, 1.54) is 48.5 Å². The third-order valence-corrected chi connectivity index (χ3v) is 5.70. The average Bonchev–Trinajstić information content (AvgIpc) is 2.59. The molecule has 0 spiro atoms. The Balaban J connectivity index is -0.00000169. The monoisotopic (exact) mass is 454 g/mol. The molecule has 0 heterocycles. The van der Waals surface area contributed by atoms with E-state index in [-0.39, 0.29) is 83.5 Å². The summed E-state index contributed by atoms with van der Waals surface area (Å²) < 4.78 is 63.8. The van der Waals surface area contributed by atoms with Gasteiger partial charge in [-0.15, -0.1) is 0 Å². The van der Waals surface area contributed by atoms with Crippen molar-refractivity contribution in [3.05, 3.63) is 48.5 Å². The molecule has 2 unspecified atom stereocenters. The molecule has 0 amide bonds. The van der Waals surface area contributed by atoms with Gasteiger partial charge < -0.3 is 19.7 Å². The van der Waals surface area contributed by atoms with Crippen LogP contribution in [0.1, 0.15) is 2.85 Å². The molecular weight excluding hydrogens is 434 g/mol. The third-order valence-electron chi connectivity index (χ3n) is 3.13. The number of sulfone groups is 1. The van der Waals surface area contributed by atoms with Crippen LogP contribution < -0.4 is 10.6 Å². The van der Waals surface area contributed by atoms with Crippen molar-refractivity contribution in [3.63, 3.8) is 0 Å². The van der Waals surface area contributed by atoms with Gasteiger partial charge in [-0.3, -0.25) is 0 Å². The van der Waals surface area contributed by atoms with E-state index in [9.17, 15) is 16.8 Å². The van der Waals surface area contributed by atoms with Crippen molar-refractivity contribution in [2.75, 3.05) is 22.4 Å². The van der Waals surface area contributed by atoms with Gasteiger partial charge >= 0.3 is 0 Å². The second-order valence-electron chi connectivity index (χ2n) is 4.84. The van der Waals surface area contributed by atoms with Crippen molar-refractivity contribution >= 4 is 102 Å². The topological polar surface area (TPSA) is 133 Å². The predicted octanol–water partition coefficient (Wildman–Crippen LogP) is 1.43. The van der Waals surface area contributed by atoms with E-state index >= 15 is 0 Å². The fourth-order valence-electron chi connectivity index (χ4n) is 1.93. The van der Waals surface area contributed by atoms with E-state index in [0.717, 1.165) is 0 Å². The minimum atomic E-state index is -3.71. The number of rotatable bonds is 8. The molecule has 142 valence electrons. The van der Waals surface area contributed by atoms with Crippen LogP contribution in [-0.2, 0) is 32.0 Å². The molecule has 2 radical (unpaired) electrons. The molecule has 2 rings (SSSR count). The van der Waals surface area contributed by atoms with E-state index in [1.807, 2.05) is 0 Å². The molecule has 0 aliphatic rings. The Morgan fingerprint density at radius 3 is 1.30 bits per heavy atom. The van der Waals surface area contributed by atoms with Gasteiger partial charge in [0.25, 0.3) is 0 Å². The Morgan fingerprint density at radius 1 is 0.741 bits per heavy atom. The van der Waals surface area contributed by atoms with Crippen molar-refractivity contribution in [1.29, 1.82) is 0 Å². The summed E-state index contributed by atoms with van der Waals surface area (Å²) in [6, 6.07) is 11.6. The Hall–Kier alpha value is 0.210. The number of nitrogens with one attached hydrogen (secondary N) is 2. The van der Waals surface area contributed by atoms with Gasteiger partial charge in [0.15, 0.2) is 22.2 Å². The molecule has 0 fully saturated rings. The first-order chi connectivity index (χ1) is 11.8. The van der Waals surface area contributed by atoms with E-state index < -0.39 is 32.0 Å². The van der Waals surface area contributed by atoms with Crippen LogP contribution >= 0.6 is 0 Å². The zero-order valence-electron chi connectivity index (χ0n) is 14.8. The number of hydrogen-bond acceptors (Lipinski definition) is 6. The smallest absolute Gasteiger partial charge is 0.206 e. The van der Waals surface area contributed by atoms with Crippen LogP contribution in [0, 0.1) is 0 Å². The van der Waals surface area contributed by atoms with Crippen LogP contribution in [-0.4, -0.2) is 96.8 Å². The van der Waals surface area contributed by atoms with Crippen molar-refractivity contribution in [2.45, 2.75) is 9.79 Å². The second-order valence-corrected chi connectivity index (χ2v) is 8.65. The van der Waals surface area contributed by atoms with Gasteiger partial charge in [0.2, 0.25) is 9.84 Å². The van der Waals surface area contributed by atoms with Crippen LogP contribution in [0.5, 0.6) is 0 Å². The third kappa shape index (κ3) is 8.62. The van der Waals surface area contributed by atoms with Gasteiger partial charge in [-0.2, -0.15) is 0 Å². The molecule has 2 aromatic carbocycles. The van der Waals surface area contributed by atoms with E-state index in [0.29, 0.717) is 11.4 Å². The summed E-state index contributed by atoms with van der Waals surface area (Å²) in [5, 5.41) is 5.39. The van der Waals surface area contributed by atoms with Gasteiger partial charge in [0, 0.05) is 73.3 Å². The van der Waals surface area contributed by atoms with Gasteiger partial charge in [-0.1, -0.05) is 0 Å². The zero-order chi connectivity index (χ0) is 18.4. The molecule has 0 aromatic heterocycles. The molecule has 0 aliphatic heterocycles. The fourth-order valence-corrected chi connectivity index (χ4v) is 3.77. The van der Waals surface area contributed by atoms with Crippen LogP contribution in [0.4, 0.5) is 11.4 Å². The van der Waals surface area contributed by atoms with Crippen LogP contribution in [0.2, 0.25) is 0 Å². The summed E-state index contributed by atoms with van der Waals surface area (Å²) in [6.45, 7) is 0. The van der Waals surface area contributed by atoms with Crippen molar-refractivity contribution in [2.24, 2.45) is 0 Å². The first kappa shape index (κ1) is 27.2. The summed E-state index contributed by atoms with van der Waals surface area (Å²) >= 11 is -3.99. The maximum absolute atomic E-state index is 12.6. The minimum absolute atomic E-state index is 0. The van der Waals surface area contributed by atoms with Crippen molar-refractivity contribution in [1.82, 2.24) is 0 Å². The molecule has 0 aliphatic carbocycles. The Bertz CT molecular complexity index is 820. The van der Waals surface area contributed by atoms with Crippen molar-refractivity contribution in [3.8, 4) is 0 Å². The van der Waals surface area contributed by atoms with Crippen LogP contribution in [0.15, 0.2) is 58.3 Å². The largest absolute Gasteiger partial charge is 0.372 e. The summed E-state index contributed by atoms with van der Waals surface area (Å²) in [5.74, 6) is -0.307. The molecule has 2 aromatic rings. The quantitative estimate of drug-likeness (QED) is 0.348. The van der Waals surface area contributed by atoms with E-state index in [2.05, 4.69) is 10.6 Å². The van der Waals surface area contributed by atoms with Gasteiger partial charge in [0.05, 0.1) is 9.79 Å².